The number of amides is 2. The monoisotopic (exact) mass is 562 g/mol. The molecule has 5 rings (SSSR count). The molecule has 0 unspecified atom stereocenters. The SMILES string of the molecule is COc1ccc(CN2CCN(C(=O)c3csc(C4CCN(C(=O)COc5ccc(C)c(C)c5)CC4)n3)CC2)cc1. The van der Waals surface area contributed by atoms with Crippen LogP contribution in [-0.2, 0) is 11.3 Å². The molecule has 0 bridgehead atoms. The predicted molar refractivity (Wildman–Crippen MR) is 156 cm³/mol. The van der Waals surface area contributed by atoms with E-state index >= 15 is 0 Å². The molecule has 0 aliphatic carbocycles. The molecule has 9 heteroatoms. The molecule has 8 nitrogen and oxygen atoms in total. The zero-order chi connectivity index (χ0) is 28.1. The Kier molecular flexibility index (Phi) is 9.01. The summed E-state index contributed by atoms with van der Waals surface area (Å²) in [7, 11) is 1.67. The van der Waals surface area contributed by atoms with Gasteiger partial charge in [0.25, 0.3) is 11.8 Å². The maximum atomic E-state index is 13.2. The van der Waals surface area contributed by atoms with Gasteiger partial charge in [-0.15, -0.1) is 11.3 Å². The number of ether oxygens (including phenoxy) is 2. The van der Waals surface area contributed by atoms with Gasteiger partial charge in [0.1, 0.15) is 17.2 Å². The number of thiazole rings is 1. The number of hydrogen-bond acceptors (Lipinski definition) is 7. The van der Waals surface area contributed by atoms with Gasteiger partial charge in [-0.1, -0.05) is 18.2 Å². The van der Waals surface area contributed by atoms with Crippen molar-refractivity contribution in [3.05, 3.63) is 75.2 Å². The number of carbonyl (C=O) groups excluding carboxylic acids is 2. The van der Waals surface area contributed by atoms with Gasteiger partial charge in [0.15, 0.2) is 6.61 Å². The first kappa shape index (κ1) is 28.1. The Labute approximate surface area is 240 Å². The van der Waals surface area contributed by atoms with Gasteiger partial charge in [-0.2, -0.15) is 0 Å². The van der Waals surface area contributed by atoms with Gasteiger partial charge < -0.3 is 19.3 Å². The Morgan fingerprint density at radius 2 is 1.60 bits per heavy atom. The molecule has 1 aromatic heterocycles. The number of aromatic nitrogens is 1. The van der Waals surface area contributed by atoms with Crippen molar-refractivity contribution in [1.29, 1.82) is 0 Å². The molecule has 2 aromatic carbocycles. The van der Waals surface area contributed by atoms with Crippen LogP contribution < -0.4 is 9.47 Å². The molecule has 3 aromatic rings. The smallest absolute Gasteiger partial charge is 0.273 e. The van der Waals surface area contributed by atoms with Gasteiger partial charge in [-0.25, -0.2) is 4.98 Å². The molecule has 0 atom stereocenters. The number of piperazine rings is 1. The molecule has 0 saturated carbocycles. The third-order valence-electron chi connectivity index (χ3n) is 8.00. The lowest BCUT2D eigenvalue weighted by molar-refractivity contribution is -0.134. The number of piperidine rings is 1. The van der Waals surface area contributed by atoms with Gasteiger partial charge in [-0.05, 0) is 67.6 Å². The van der Waals surface area contributed by atoms with E-state index in [0.29, 0.717) is 31.9 Å². The lowest BCUT2D eigenvalue weighted by atomic mass is 9.97. The van der Waals surface area contributed by atoms with E-state index in [-0.39, 0.29) is 24.3 Å². The minimum atomic E-state index is 0.0119. The summed E-state index contributed by atoms with van der Waals surface area (Å²) in [5.74, 6) is 1.89. The first-order valence-electron chi connectivity index (χ1n) is 14.0. The van der Waals surface area contributed by atoms with Crippen molar-refractivity contribution in [2.75, 3.05) is 53.0 Å². The fraction of sp³-hybridized carbons (Fsp3) is 0.452. The van der Waals surface area contributed by atoms with Crippen molar-refractivity contribution < 1.29 is 19.1 Å². The van der Waals surface area contributed by atoms with Crippen molar-refractivity contribution in [3.8, 4) is 11.5 Å². The van der Waals surface area contributed by atoms with Crippen LogP contribution in [0, 0.1) is 13.8 Å². The second kappa shape index (κ2) is 12.8. The number of aryl methyl sites for hydroxylation is 2. The Morgan fingerprint density at radius 3 is 2.27 bits per heavy atom. The molecular formula is C31H38N4O4S. The minimum absolute atomic E-state index is 0.0119. The Balaban J connectivity index is 1.06. The topological polar surface area (TPSA) is 75.2 Å². The summed E-state index contributed by atoms with van der Waals surface area (Å²) in [5.41, 5.74) is 4.14. The Bertz CT molecular complexity index is 1310. The number of nitrogens with zero attached hydrogens (tertiary/aromatic N) is 4. The zero-order valence-corrected chi connectivity index (χ0v) is 24.4. The quantitative estimate of drug-likeness (QED) is 0.402. The van der Waals surface area contributed by atoms with E-state index in [2.05, 4.69) is 24.0 Å². The van der Waals surface area contributed by atoms with Crippen molar-refractivity contribution in [2.45, 2.75) is 39.2 Å². The zero-order valence-electron chi connectivity index (χ0n) is 23.6. The summed E-state index contributed by atoms with van der Waals surface area (Å²) in [6.45, 7) is 9.46. The van der Waals surface area contributed by atoms with E-state index in [1.165, 1.54) is 11.1 Å². The first-order chi connectivity index (χ1) is 19.4. The standard InChI is InChI=1S/C31H38N4O4S/c1-22-4-7-27(18-23(22)2)39-20-29(36)34-12-10-25(11-13-34)30-32-28(21-40-30)31(37)35-16-14-33(15-17-35)19-24-5-8-26(38-3)9-6-24/h4-9,18,21,25H,10-17,19-20H2,1-3H3. The molecule has 2 saturated heterocycles. The summed E-state index contributed by atoms with van der Waals surface area (Å²) in [4.78, 5) is 36.8. The van der Waals surface area contributed by atoms with Crippen LogP contribution in [0.2, 0.25) is 0 Å². The van der Waals surface area contributed by atoms with Gasteiger partial charge >= 0.3 is 0 Å². The van der Waals surface area contributed by atoms with E-state index in [1.807, 2.05) is 52.4 Å². The highest BCUT2D eigenvalue weighted by Crippen LogP contribution is 2.31. The van der Waals surface area contributed by atoms with Gasteiger partial charge in [0.05, 0.1) is 12.1 Å². The van der Waals surface area contributed by atoms with Crippen molar-refractivity contribution in [3.63, 3.8) is 0 Å². The normalized spacial score (nSPS) is 16.7. The second-order valence-electron chi connectivity index (χ2n) is 10.7. The molecule has 0 radical (unpaired) electrons. The van der Waals surface area contributed by atoms with Crippen LogP contribution in [0.3, 0.4) is 0 Å². The van der Waals surface area contributed by atoms with Crippen LogP contribution in [0.1, 0.15) is 50.9 Å². The number of benzene rings is 2. The highest BCUT2D eigenvalue weighted by molar-refractivity contribution is 7.09. The molecular weight excluding hydrogens is 524 g/mol. The lowest BCUT2D eigenvalue weighted by Crippen LogP contribution is -2.48. The molecule has 2 amide bonds. The number of rotatable bonds is 8. The lowest BCUT2D eigenvalue weighted by Gasteiger charge is -2.34. The summed E-state index contributed by atoms with van der Waals surface area (Å²) in [6, 6.07) is 14.0. The number of hydrogen-bond donors (Lipinski definition) is 0. The van der Waals surface area contributed by atoms with E-state index in [1.54, 1.807) is 18.4 Å². The highest BCUT2D eigenvalue weighted by Gasteiger charge is 2.28. The molecule has 0 N–H and O–H groups in total. The first-order valence-corrected chi connectivity index (χ1v) is 14.9. The maximum Gasteiger partial charge on any atom is 0.273 e. The average molecular weight is 563 g/mol. The van der Waals surface area contributed by atoms with Crippen molar-refractivity contribution in [1.82, 2.24) is 19.7 Å². The molecule has 0 spiro atoms. The number of methoxy groups -OCH3 is 1. The predicted octanol–water partition coefficient (Wildman–Crippen LogP) is 4.51. The van der Waals surface area contributed by atoms with Crippen LogP contribution in [0.25, 0.3) is 0 Å². The van der Waals surface area contributed by atoms with E-state index in [4.69, 9.17) is 14.5 Å². The highest BCUT2D eigenvalue weighted by atomic mass is 32.1. The number of carbonyl (C=O) groups is 2. The summed E-state index contributed by atoms with van der Waals surface area (Å²) in [5, 5.41) is 2.90. The van der Waals surface area contributed by atoms with Crippen LogP contribution in [-0.4, -0.2) is 84.5 Å². The summed E-state index contributed by atoms with van der Waals surface area (Å²) >= 11 is 1.57. The third-order valence-corrected chi connectivity index (χ3v) is 9.01. The van der Waals surface area contributed by atoms with Crippen LogP contribution in [0.4, 0.5) is 0 Å². The van der Waals surface area contributed by atoms with Gasteiger partial charge in [0.2, 0.25) is 0 Å². The summed E-state index contributed by atoms with van der Waals surface area (Å²) < 4.78 is 11.0. The maximum absolute atomic E-state index is 13.2. The number of likely N-dealkylation sites (tertiary alicyclic amines) is 1. The molecule has 40 heavy (non-hydrogen) atoms. The van der Waals surface area contributed by atoms with E-state index in [9.17, 15) is 9.59 Å². The second-order valence-corrected chi connectivity index (χ2v) is 11.6. The van der Waals surface area contributed by atoms with Crippen LogP contribution in [0.5, 0.6) is 11.5 Å². The fourth-order valence-corrected chi connectivity index (χ4v) is 6.21. The molecule has 2 fully saturated rings. The Morgan fingerprint density at radius 1 is 0.900 bits per heavy atom. The molecule has 212 valence electrons. The fourth-order valence-electron chi connectivity index (χ4n) is 5.25. The van der Waals surface area contributed by atoms with Crippen LogP contribution in [0.15, 0.2) is 47.8 Å². The van der Waals surface area contributed by atoms with E-state index in [0.717, 1.165) is 54.5 Å². The average Bonchev–Trinajstić information content (AvgIpc) is 3.49. The molecule has 3 heterocycles. The van der Waals surface area contributed by atoms with E-state index < -0.39 is 0 Å². The minimum Gasteiger partial charge on any atom is -0.497 e. The molecule has 2 aliphatic rings. The van der Waals surface area contributed by atoms with Crippen LogP contribution >= 0.6 is 11.3 Å². The van der Waals surface area contributed by atoms with Crippen molar-refractivity contribution in [2.24, 2.45) is 0 Å². The van der Waals surface area contributed by atoms with Crippen molar-refractivity contribution >= 4 is 23.2 Å². The van der Waals surface area contributed by atoms with Gasteiger partial charge in [-0.3, -0.25) is 14.5 Å². The Hall–Kier alpha value is -3.43. The molecule has 2 aliphatic heterocycles. The van der Waals surface area contributed by atoms with Gasteiger partial charge in [0, 0.05) is 57.1 Å². The third kappa shape index (κ3) is 6.82. The summed E-state index contributed by atoms with van der Waals surface area (Å²) in [6.07, 6.45) is 1.70. The largest absolute Gasteiger partial charge is 0.497 e.